The van der Waals surface area contributed by atoms with E-state index in [1.807, 2.05) is 12.1 Å². The minimum absolute atomic E-state index is 0.160. The molecule has 1 amide bonds. The minimum atomic E-state index is 0.160. The topological polar surface area (TPSA) is 39.7 Å². The summed E-state index contributed by atoms with van der Waals surface area (Å²) in [6, 6.07) is 4.58. The van der Waals surface area contributed by atoms with Crippen LogP contribution in [0.3, 0.4) is 0 Å². The van der Waals surface area contributed by atoms with Crippen molar-refractivity contribution in [2.45, 2.75) is 63.8 Å². The maximum Gasteiger partial charge on any atom is 0.255 e. The molecule has 1 saturated carbocycles. The largest absolute Gasteiger partial charge is 0.337 e. The highest BCUT2D eigenvalue weighted by molar-refractivity contribution is 5.93. The average molecular weight is 399 g/mol. The fraction of sp³-hybridized carbons (Fsp3) is 0.750. The fourth-order valence-electron chi connectivity index (χ4n) is 5.55. The van der Waals surface area contributed by atoms with Crippen LogP contribution in [0, 0.1) is 5.92 Å². The Bertz CT molecular complexity index is 625. The summed E-state index contributed by atoms with van der Waals surface area (Å²) < 4.78 is 0. The molecule has 4 rings (SSSR count). The van der Waals surface area contributed by atoms with Crippen LogP contribution in [0.25, 0.3) is 0 Å². The summed E-state index contributed by atoms with van der Waals surface area (Å²) in [5, 5.41) is 0. The molecule has 0 radical (unpaired) electrons. The number of nitrogens with zero attached hydrogens (tertiary/aromatic N) is 4. The molecule has 0 bridgehead atoms. The third kappa shape index (κ3) is 5.79. The lowest BCUT2D eigenvalue weighted by Crippen LogP contribution is -2.47. The molecular formula is C24H38N4O. The van der Waals surface area contributed by atoms with Gasteiger partial charge in [0.2, 0.25) is 0 Å². The van der Waals surface area contributed by atoms with E-state index in [9.17, 15) is 4.79 Å². The quantitative estimate of drug-likeness (QED) is 0.703. The Morgan fingerprint density at radius 3 is 2.62 bits per heavy atom. The van der Waals surface area contributed by atoms with Crippen molar-refractivity contribution >= 4 is 5.91 Å². The van der Waals surface area contributed by atoms with Crippen LogP contribution >= 0.6 is 0 Å². The van der Waals surface area contributed by atoms with Crippen LogP contribution in [-0.2, 0) is 0 Å². The molecule has 3 heterocycles. The molecule has 3 aliphatic rings. The van der Waals surface area contributed by atoms with E-state index >= 15 is 0 Å². The molecule has 5 nitrogen and oxygen atoms in total. The van der Waals surface area contributed by atoms with Crippen LogP contribution in [0.2, 0.25) is 0 Å². The molecule has 2 aliphatic heterocycles. The zero-order chi connectivity index (χ0) is 19.9. The number of carbonyl (C=O) groups is 1. The highest BCUT2D eigenvalue weighted by atomic mass is 16.2. The van der Waals surface area contributed by atoms with Gasteiger partial charge in [-0.05, 0) is 76.2 Å². The van der Waals surface area contributed by atoms with Gasteiger partial charge >= 0.3 is 0 Å². The van der Waals surface area contributed by atoms with Crippen LogP contribution in [0.1, 0.15) is 68.1 Å². The number of rotatable bonds is 7. The summed E-state index contributed by atoms with van der Waals surface area (Å²) in [6.45, 7) is 7.54. The van der Waals surface area contributed by atoms with Crippen molar-refractivity contribution in [1.29, 1.82) is 0 Å². The SMILES string of the molecule is O=C(c1cccnc1)N(CCN1CCCCC1)CC1CCCN(C2CCCC2)C1. The van der Waals surface area contributed by atoms with Crippen molar-refractivity contribution in [3.05, 3.63) is 30.1 Å². The zero-order valence-electron chi connectivity index (χ0n) is 18.0. The van der Waals surface area contributed by atoms with Crippen molar-refractivity contribution in [2.24, 2.45) is 5.92 Å². The third-order valence-corrected chi connectivity index (χ3v) is 7.20. The summed E-state index contributed by atoms with van der Waals surface area (Å²) in [7, 11) is 0. The number of piperidine rings is 2. The standard InChI is InChI=1S/C24H38N4O/c29-24(22-9-6-12-25-18-22)28(17-16-26-13-4-1-5-14-26)20-21-8-7-15-27(19-21)23-10-2-3-11-23/h6,9,12,18,21,23H,1-5,7-8,10-11,13-17,19-20H2. The summed E-state index contributed by atoms with van der Waals surface area (Å²) >= 11 is 0. The number of hydrogen-bond donors (Lipinski definition) is 0. The van der Waals surface area contributed by atoms with Gasteiger partial charge < -0.3 is 14.7 Å². The molecule has 0 aromatic carbocycles. The van der Waals surface area contributed by atoms with Gasteiger partial charge in [-0.2, -0.15) is 0 Å². The Hall–Kier alpha value is -1.46. The number of carbonyl (C=O) groups excluding carboxylic acids is 1. The van der Waals surface area contributed by atoms with Crippen molar-refractivity contribution < 1.29 is 4.79 Å². The van der Waals surface area contributed by atoms with E-state index in [0.29, 0.717) is 5.92 Å². The Labute approximate surface area is 176 Å². The van der Waals surface area contributed by atoms with E-state index in [2.05, 4.69) is 19.7 Å². The molecule has 0 spiro atoms. The molecule has 3 fully saturated rings. The highest BCUT2D eigenvalue weighted by Crippen LogP contribution is 2.28. The molecule has 5 heteroatoms. The first-order valence-electron chi connectivity index (χ1n) is 12.0. The average Bonchev–Trinajstić information content (AvgIpc) is 3.33. The van der Waals surface area contributed by atoms with Crippen LogP contribution in [-0.4, -0.2) is 77.4 Å². The highest BCUT2D eigenvalue weighted by Gasteiger charge is 2.30. The number of amides is 1. The van der Waals surface area contributed by atoms with Gasteiger partial charge in [0, 0.05) is 44.6 Å². The molecule has 160 valence electrons. The maximum atomic E-state index is 13.3. The van der Waals surface area contributed by atoms with Crippen molar-refractivity contribution in [3.63, 3.8) is 0 Å². The number of pyridine rings is 1. The molecule has 1 atom stereocenters. The normalized spacial score (nSPS) is 24.6. The first-order valence-corrected chi connectivity index (χ1v) is 12.0. The van der Waals surface area contributed by atoms with Crippen molar-refractivity contribution in [1.82, 2.24) is 19.7 Å². The summed E-state index contributed by atoms with van der Waals surface area (Å²) in [5.41, 5.74) is 0.731. The second-order valence-electron chi connectivity index (χ2n) is 9.34. The Balaban J connectivity index is 1.38. The summed E-state index contributed by atoms with van der Waals surface area (Å²) in [6.07, 6.45) is 15.5. The smallest absolute Gasteiger partial charge is 0.255 e. The number of hydrogen-bond acceptors (Lipinski definition) is 4. The molecule has 29 heavy (non-hydrogen) atoms. The van der Waals surface area contributed by atoms with Crippen LogP contribution < -0.4 is 0 Å². The van der Waals surface area contributed by atoms with Gasteiger partial charge in [-0.3, -0.25) is 9.78 Å². The predicted octanol–water partition coefficient (Wildman–Crippen LogP) is 3.66. The molecule has 1 aliphatic carbocycles. The van der Waals surface area contributed by atoms with Gasteiger partial charge in [0.1, 0.15) is 0 Å². The number of likely N-dealkylation sites (tertiary alicyclic amines) is 2. The van der Waals surface area contributed by atoms with Crippen LogP contribution in [0.5, 0.6) is 0 Å². The molecule has 1 aromatic rings. The zero-order valence-corrected chi connectivity index (χ0v) is 18.0. The molecular weight excluding hydrogens is 360 g/mol. The van der Waals surface area contributed by atoms with Crippen LogP contribution in [0.15, 0.2) is 24.5 Å². The second-order valence-corrected chi connectivity index (χ2v) is 9.34. The first-order chi connectivity index (χ1) is 14.3. The third-order valence-electron chi connectivity index (χ3n) is 7.20. The minimum Gasteiger partial charge on any atom is -0.337 e. The van der Waals surface area contributed by atoms with Gasteiger partial charge in [0.05, 0.1) is 5.56 Å². The molecule has 1 unspecified atom stereocenters. The van der Waals surface area contributed by atoms with Crippen molar-refractivity contribution in [3.8, 4) is 0 Å². The lowest BCUT2D eigenvalue weighted by Gasteiger charge is -2.39. The van der Waals surface area contributed by atoms with Crippen LogP contribution in [0.4, 0.5) is 0 Å². The lowest BCUT2D eigenvalue weighted by atomic mass is 9.95. The Morgan fingerprint density at radius 1 is 1.03 bits per heavy atom. The van der Waals surface area contributed by atoms with Gasteiger partial charge in [-0.25, -0.2) is 0 Å². The van der Waals surface area contributed by atoms with E-state index in [0.717, 1.165) is 31.2 Å². The van der Waals surface area contributed by atoms with E-state index in [-0.39, 0.29) is 5.91 Å². The van der Waals surface area contributed by atoms with Gasteiger partial charge in [0.15, 0.2) is 0 Å². The molecule has 0 N–H and O–H groups in total. The van der Waals surface area contributed by atoms with E-state index in [1.54, 1.807) is 12.4 Å². The maximum absolute atomic E-state index is 13.3. The predicted molar refractivity (Wildman–Crippen MR) is 117 cm³/mol. The summed E-state index contributed by atoms with van der Waals surface area (Å²) in [5.74, 6) is 0.763. The van der Waals surface area contributed by atoms with Gasteiger partial charge in [-0.1, -0.05) is 19.3 Å². The lowest BCUT2D eigenvalue weighted by molar-refractivity contribution is 0.0609. The van der Waals surface area contributed by atoms with Gasteiger partial charge in [-0.15, -0.1) is 0 Å². The number of aromatic nitrogens is 1. The Kier molecular flexibility index (Phi) is 7.55. The molecule has 1 aromatic heterocycles. The molecule has 2 saturated heterocycles. The fourth-order valence-corrected chi connectivity index (χ4v) is 5.55. The van der Waals surface area contributed by atoms with Crippen molar-refractivity contribution in [2.75, 3.05) is 45.8 Å². The Morgan fingerprint density at radius 2 is 1.86 bits per heavy atom. The summed E-state index contributed by atoms with van der Waals surface area (Å²) in [4.78, 5) is 24.9. The van der Waals surface area contributed by atoms with E-state index in [4.69, 9.17) is 0 Å². The van der Waals surface area contributed by atoms with Gasteiger partial charge in [0.25, 0.3) is 5.91 Å². The van der Waals surface area contributed by atoms with E-state index in [1.165, 1.54) is 84.0 Å². The first kappa shape index (κ1) is 20.8. The second kappa shape index (κ2) is 10.5. The van der Waals surface area contributed by atoms with E-state index < -0.39 is 0 Å². The monoisotopic (exact) mass is 398 g/mol.